The summed E-state index contributed by atoms with van der Waals surface area (Å²) in [6.07, 6.45) is 3.09. The second-order valence-electron chi connectivity index (χ2n) is 3.78. The summed E-state index contributed by atoms with van der Waals surface area (Å²) in [5.41, 5.74) is 1.68. The van der Waals surface area contributed by atoms with Gasteiger partial charge in [-0.25, -0.2) is 9.78 Å². The standard InChI is InChI=1S/C13H12N2O3/c1-9-2-3-11(7-15-9)18-8-10-4-5-14-12(6-10)13(16)17/h2-7H,8H2,1H3,(H,16,17). The zero-order chi connectivity index (χ0) is 13.0. The van der Waals surface area contributed by atoms with Crippen molar-refractivity contribution < 1.29 is 14.6 Å². The van der Waals surface area contributed by atoms with Crippen molar-refractivity contribution in [1.82, 2.24) is 9.97 Å². The number of hydrogen-bond acceptors (Lipinski definition) is 4. The molecule has 0 unspecified atom stereocenters. The van der Waals surface area contributed by atoms with Crippen LogP contribution in [-0.4, -0.2) is 21.0 Å². The fourth-order valence-corrected chi connectivity index (χ4v) is 1.39. The summed E-state index contributed by atoms with van der Waals surface area (Å²) < 4.78 is 5.50. The molecular weight excluding hydrogens is 232 g/mol. The average Bonchev–Trinajstić information content (AvgIpc) is 2.38. The minimum absolute atomic E-state index is 0.0122. The van der Waals surface area contributed by atoms with Crippen LogP contribution in [0.5, 0.6) is 5.75 Å². The SMILES string of the molecule is Cc1ccc(OCc2ccnc(C(=O)O)c2)cn1. The average molecular weight is 244 g/mol. The first-order chi connectivity index (χ1) is 8.65. The maximum Gasteiger partial charge on any atom is 0.354 e. The van der Waals surface area contributed by atoms with Gasteiger partial charge >= 0.3 is 5.97 Å². The highest BCUT2D eigenvalue weighted by Gasteiger charge is 2.05. The maximum absolute atomic E-state index is 10.8. The van der Waals surface area contributed by atoms with Crippen LogP contribution in [0.4, 0.5) is 0 Å². The molecule has 0 saturated heterocycles. The maximum atomic E-state index is 10.8. The Kier molecular flexibility index (Phi) is 3.52. The van der Waals surface area contributed by atoms with Gasteiger partial charge < -0.3 is 9.84 Å². The van der Waals surface area contributed by atoms with Crippen LogP contribution in [0.1, 0.15) is 21.7 Å². The Morgan fingerprint density at radius 3 is 2.83 bits per heavy atom. The van der Waals surface area contributed by atoms with Crippen LogP contribution in [0.2, 0.25) is 0 Å². The molecule has 0 saturated carbocycles. The summed E-state index contributed by atoms with van der Waals surface area (Å²) in [5, 5.41) is 8.81. The molecule has 0 radical (unpaired) electrons. The van der Waals surface area contributed by atoms with E-state index in [2.05, 4.69) is 9.97 Å². The third kappa shape index (κ3) is 3.04. The molecule has 0 amide bonds. The number of ether oxygens (including phenoxy) is 1. The molecular formula is C13H12N2O3. The van der Waals surface area contributed by atoms with Crippen LogP contribution in [0.3, 0.4) is 0 Å². The van der Waals surface area contributed by atoms with Gasteiger partial charge in [-0.3, -0.25) is 4.98 Å². The second-order valence-corrected chi connectivity index (χ2v) is 3.78. The van der Waals surface area contributed by atoms with Crippen LogP contribution in [0.15, 0.2) is 36.7 Å². The van der Waals surface area contributed by atoms with Gasteiger partial charge in [0.05, 0.1) is 6.20 Å². The molecule has 5 heteroatoms. The molecule has 0 spiro atoms. The molecule has 0 aromatic carbocycles. The lowest BCUT2D eigenvalue weighted by atomic mass is 10.2. The fraction of sp³-hybridized carbons (Fsp3) is 0.154. The number of nitrogens with zero attached hydrogens (tertiary/aromatic N) is 2. The van der Waals surface area contributed by atoms with Gasteiger partial charge in [-0.15, -0.1) is 0 Å². The van der Waals surface area contributed by atoms with Crippen LogP contribution in [-0.2, 0) is 6.61 Å². The van der Waals surface area contributed by atoms with Crippen molar-refractivity contribution in [1.29, 1.82) is 0 Å². The largest absolute Gasteiger partial charge is 0.487 e. The van der Waals surface area contributed by atoms with E-state index >= 15 is 0 Å². The van der Waals surface area contributed by atoms with E-state index in [-0.39, 0.29) is 12.3 Å². The predicted octanol–water partition coefficient (Wildman–Crippen LogP) is 2.06. The molecule has 5 nitrogen and oxygen atoms in total. The Morgan fingerprint density at radius 1 is 1.33 bits per heavy atom. The number of carboxylic acid groups (broad SMARTS) is 1. The van der Waals surface area contributed by atoms with Crippen LogP contribution < -0.4 is 4.74 Å². The van der Waals surface area contributed by atoms with E-state index in [1.807, 2.05) is 19.1 Å². The molecule has 1 N–H and O–H groups in total. The first-order valence-electron chi connectivity index (χ1n) is 5.39. The van der Waals surface area contributed by atoms with E-state index in [1.165, 1.54) is 12.3 Å². The third-order valence-electron chi connectivity index (χ3n) is 2.33. The highest BCUT2D eigenvalue weighted by atomic mass is 16.5. The van der Waals surface area contributed by atoms with E-state index in [4.69, 9.17) is 9.84 Å². The topological polar surface area (TPSA) is 72.3 Å². The Hall–Kier alpha value is -2.43. The summed E-state index contributed by atoms with van der Waals surface area (Å²) in [6, 6.07) is 6.88. The molecule has 0 aliphatic heterocycles. The van der Waals surface area contributed by atoms with Gasteiger partial charge in [0.1, 0.15) is 18.1 Å². The van der Waals surface area contributed by atoms with Crippen LogP contribution in [0.25, 0.3) is 0 Å². The Balaban J connectivity index is 2.04. The summed E-state index contributed by atoms with van der Waals surface area (Å²) in [6.45, 7) is 2.18. The van der Waals surface area contributed by atoms with Crippen molar-refractivity contribution in [2.75, 3.05) is 0 Å². The highest BCUT2D eigenvalue weighted by Crippen LogP contribution is 2.11. The lowest BCUT2D eigenvalue weighted by Gasteiger charge is -2.06. The van der Waals surface area contributed by atoms with E-state index in [9.17, 15) is 4.79 Å². The Morgan fingerprint density at radius 2 is 2.17 bits per heavy atom. The van der Waals surface area contributed by atoms with Crippen LogP contribution >= 0.6 is 0 Å². The van der Waals surface area contributed by atoms with E-state index in [1.54, 1.807) is 12.3 Å². The zero-order valence-corrected chi connectivity index (χ0v) is 9.83. The number of hydrogen-bond donors (Lipinski definition) is 1. The monoisotopic (exact) mass is 244 g/mol. The van der Waals surface area contributed by atoms with Gasteiger partial charge in [0.25, 0.3) is 0 Å². The molecule has 2 rings (SSSR count). The molecule has 0 fully saturated rings. The van der Waals surface area contributed by atoms with Gasteiger partial charge in [-0.1, -0.05) is 0 Å². The minimum Gasteiger partial charge on any atom is -0.487 e. The fourth-order valence-electron chi connectivity index (χ4n) is 1.39. The summed E-state index contributed by atoms with van der Waals surface area (Å²) in [5.74, 6) is -0.400. The van der Waals surface area contributed by atoms with Gasteiger partial charge in [-0.2, -0.15) is 0 Å². The molecule has 0 bridgehead atoms. The molecule has 92 valence electrons. The van der Waals surface area contributed by atoms with Crippen molar-refractivity contribution in [3.63, 3.8) is 0 Å². The number of carboxylic acids is 1. The predicted molar refractivity (Wildman–Crippen MR) is 64.5 cm³/mol. The number of rotatable bonds is 4. The molecule has 0 aliphatic carbocycles. The smallest absolute Gasteiger partial charge is 0.354 e. The van der Waals surface area contributed by atoms with Gasteiger partial charge in [0, 0.05) is 11.9 Å². The van der Waals surface area contributed by atoms with Crippen molar-refractivity contribution in [2.24, 2.45) is 0 Å². The summed E-state index contributed by atoms with van der Waals surface area (Å²) in [4.78, 5) is 18.6. The normalized spacial score (nSPS) is 10.1. The Bertz CT molecular complexity index is 552. The summed E-state index contributed by atoms with van der Waals surface area (Å²) in [7, 11) is 0. The van der Waals surface area contributed by atoms with Crippen LogP contribution in [0, 0.1) is 6.92 Å². The van der Waals surface area contributed by atoms with Crippen molar-refractivity contribution in [3.8, 4) is 5.75 Å². The highest BCUT2D eigenvalue weighted by molar-refractivity contribution is 5.85. The first-order valence-corrected chi connectivity index (χ1v) is 5.39. The molecule has 2 aromatic rings. The third-order valence-corrected chi connectivity index (χ3v) is 2.33. The quantitative estimate of drug-likeness (QED) is 0.891. The zero-order valence-electron chi connectivity index (χ0n) is 9.83. The molecule has 18 heavy (non-hydrogen) atoms. The van der Waals surface area contributed by atoms with E-state index in [0.717, 1.165) is 11.3 Å². The second kappa shape index (κ2) is 5.27. The molecule has 0 aliphatic rings. The van der Waals surface area contributed by atoms with E-state index in [0.29, 0.717) is 5.75 Å². The lowest BCUT2D eigenvalue weighted by molar-refractivity contribution is 0.0690. The molecule has 0 atom stereocenters. The van der Waals surface area contributed by atoms with Gasteiger partial charge in [0.2, 0.25) is 0 Å². The van der Waals surface area contributed by atoms with Crippen molar-refractivity contribution >= 4 is 5.97 Å². The number of carbonyl (C=O) groups is 1. The number of pyridine rings is 2. The molecule has 2 heterocycles. The number of aryl methyl sites for hydroxylation is 1. The number of aromatic carboxylic acids is 1. The lowest BCUT2D eigenvalue weighted by Crippen LogP contribution is -2.03. The molecule has 2 aromatic heterocycles. The van der Waals surface area contributed by atoms with Gasteiger partial charge in [0.15, 0.2) is 0 Å². The number of aromatic nitrogens is 2. The van der Waals surface area contributed by atoms with E-state index < -0.39 is 5.97 Å². The van der Waals surface area contributed by atoms with Crippen molar-refractivity contribution in [3.05, 3.63) is 53.6 Å². The summed E-state index contributed by atoms with van der Waals surface area (Å²) >= 11 is 0. The van der Waals surface area contributed by atoms with Gasteiger partial charge in [-0.05, 0) is 36.8 Å². The Labute approximate surface area is 104 Å². The van der Waals surface area contributed by atoms with Crippen molar-refractivity contribution in [2.45, 2.75) is 13.5 Å². The minimum atomic E-state index is -1.05. The first kappa shape index (κ1) is 12.0.